The number of hydrogen-bond acceptors (Lipinski definition) is 4. The minimum absolute atomic E-state index is 0.122. The number of aromatic nitrogens is 1. The zero-order chi connectivity index (χ0) is 14.2. The summed E-state index contributed by atoms with van der Waals surface area (Å²) in [6.07, 6.45) is 2.35. The Balaban J connectivity index is 1.89. The summed E-state index contributed by atoms with van der Waals surface area (Å²) in [4.78, 5) is 4.30. The zero-order valence-electron chi connectivity index (χ0n) is 11.6. The first kappa shape index (κ1) is 14.5. The fourth-order valence-corrected chi connectivity index (χ4v) is 1.94. The van der Waals surface area contributed by atoms with Crippen LogP contribution in [-0.2, 0) is 24.4 Å². The average molecular weight is 273 g/mol. The van der Waals surface area contributed by atoms with E-state index in [1.54, 1.807) is 13.3 Å². The Morgan fingerprint density at radius 3 is 2.60 bits per heavy atom. The molecule has 106 valence electrons. The second kappa shape index (κ2) is 7.62. The molecule has 0 saturated carbocycles. The predicted molar refractivity (Wildman–Crippen MR) is 76.5 cm³/mol. The van der Waals surface area contributed by atoms with Gasteiger partial charge in [-0.3, -0.25) is 4.98 Å². The van der Waals surface area contributed by atoms with Gasteiger partial charge in [-0.15, -0.1) is 0 Å². The summed E-state index contributed by atoms with van der Waals surface area (Å²) >= 11 is 0. The Kier molecular flexibility index (Phi) is 5.53. The minimum Gasteiger partial charge on any atom is -0.497 e. The van der Waals surface area contributed by atoms with Gasteiger partial charge in [0.1, 0.15) is 5.75 Å². The van der Waals surface area contributed by atoms with E-state index in [1.807, 2.05) is 36.4 Å². The molecule has 0 saturated heterocycles. The second-order valence-corrected chi connectivity index (χ2v) is 4.42. The largest absolute Gasteiger partial charge is 0.497 e. The molecule has 4 heteroatoms. The van der Waals surface area contributed by atoms with Crippen LogP contribution in [0.25, 0.3) is 0 Å². The summed E-state index contributed by atoms with van der Waals surface area (Å²) in [6.45, 7) is 1.10. The third-order valence-electron chi connectivity index (χ3n) is 3.03. The highest BCUT2D eigenvalue weighted by molar-refractivity contribution is 5.26. The number of hydrogen-bond donors (Lipinski definition) is 1. The van der Waals surface area contributed by atoms with Crippen molar-refractivity contribution in [1.82, 2.24) is 4.98 Å². The Morgan fingerprint density at radius 2 is 1.90 bits per heavy atom. The number of methoxy groups -OCH3 is 1. The highest BCUT2D eigenvalue weighted by Gasteiger charge is 2.03. The van der Waals surface area contributed by atoms with Gasteiger partial charge in [0.15, 0.2) is 0 Å². The molecule has 0 aliphatic heterocycles. The van der Waals surface area contributed by atoms with E-state index < -0.39 is 0 Å². The molecule has 0 bridgehead atoms. The summed E-state index contributed by atoms with van der Waals surface area (Å²) in [5.74, 6) is 0.837. The maximum atomic E-state index is 9.02. The molecule has 1 N–H and O–H groups in total. The second-order valence-electron chi connectivity index (χ2n) is 4.42. The van der Waals surface area contributed by atoms with Crippen molar-refractivity contribution in [3.63, 3.8) is 0 Å². The van der Waals surface area contributed by atoms with Crippen LogP contribution in [0.15, 0.2) is 42.6 Å². The van der Waals surface area contributed by atoms with Crippen molar-refractivity contribution in [3.8, 4) is 5.75 Å². The van der Waals surface area contributed by atoms with Gasteiger partial charge < -0.3 is 14.6 Å². The van der Waals surface area contributed by atoms with Gasteiger partial charge in [-0.2, -0.15) is 0 Å². The van der Waals surface area contributed by atoms with Crippen molar-refractivity contribution in [2.75, 3.05) is 13.7 Å². The van der Waals surface area contributed by atoms with Gasteiger partial charge in [0.2, 0.25) is 0 Å². The molecule has 0 fully saturated rings. The van der Waals surface area contributed by atoms with Gasteiger partial charge in [-0.1, -0.05) is 18.2 Å². The van der Waals surface area contributed by atoms with E-state index >= 15 is 0 Å². The van der Waals surface area contributed by atoms with Gasteiger partial charge in [-0.05, 0) is 35.7 Å². The first-order chi connectivity index (χ1) is 9.83. The molecule has 1 aromatic heterocycles. The molecule has 0 atom stereocenters. The smallest absolute Gasteiger partial charge is 0.118 e. The third-order valence-corrected chi connectivity index (χ3v) is 3.03. The lowest BCUT2D eigenvalue weighted by Gasteiger charge is -2.08. The van der Waals surface area contributed by atoms with Crippen molar-refractivity contribution in [3.05, 3.63) is 59.4 Å². The highest BCUT2D eigenvalue weighted by Crippen LogP contribution is 2.13. The molecular weight excluding hydrogens is 254 g/mol. The van der Waals surface area contributed by atoms with Crippen molar-refractivity contribution >= 4 is 0 Å². The summed E-state index contributed by atoms with van der Waals surface area (Å²) < 4.78 is 10.8. The molecule has 0 spiro atoms. The first-order valence-electron chi connectivity index (χ1n) is 6.58. The zero-order valence-corrected chi connectivity index (χ0v) is 11.6. The number of aliphatic hydroxyl groups excluding tert-OH is 1. The molecule has 0 aliphatic rings. The molecule has 4 nitrogen and oxygen atoms in total. The van der Waals surface area contributed by atoms with E-state index in [0.29, 0.717) is 19.6 Å². The number of benzene rings is 1. The van der Waals surface area contributed by atoms with E-state index in [-0.39, 0.29) is 6.61 Å². The molecule has 2 aromatic rings. The first-order valence-corrected chi connectivity index (χ1v) is 6.58. The number of aliphatic hydroxyl groups is 1. The normalized spacial score (nSPS) is 10.5. The van der Waals surface area contributed by atoms with Crippen LogP contribution in [0, 0.1) is 0 Å². The number of ether oxygens (including phenoxy) is 2. The SMILES string of the molecule is COc1ccc(COCc2ncccc2CCO)cc1. The van der Waals surface area contributed by atoms with E-state index in [1.165, 1.54) is 0 Å². The Morgan fingerprint density at radius 1 is 1.10 bits per heavy atom. The number of rotatable bonds is 7. The Hall–Kier alpha value is -1.91. The molecule has 20 heavy (non-hydrogen) atoms. The molecule has 1 heterocycles. The fraction of sp³-hybridized carbons (Fsp3) is 0.312. The maximum absolute atomic E-state index is 9.02. The molecular formula is C16H19NO3. The standard InChI is InChI=1S/C16H19NO3/c1-19-15-6-4-13(5-7-15)11-20-12-16-14(8-10-18)3-2-9-17-16/h2-7,9,18H,8,10-12H2,1H3. The summed E-state index contributed by atoms with van der Waals surface area (Å²) in [5.41, 5.74) is 3.00. The van der Waals surface area contributed by atoms with Crippen LogP contribution in [-0.4, -0.2) is 23.8 Å². The number of nitrogens with zero attached hydrogens (tertiary/aromatic N) is 1. The van der Waals surface area contributed by atoms with Crippen LogP contribution in [0.4, 0.5) is 0 Å². The van der Waals surface area contributed by atoms with E-state index in [4.69, 9.17) is 14.6 Å². The Labute approximate surface area is 119 Å². The van der Waals surface area contributed by atoms with Crippen LogP contribution in [0.5, 0.6) is 5.75 Å². The lowest BCUT2D eigenvalue weighted by Crippen LogP contribution is -2.03. The predicted octanol–water partition coefficient (Wildman–Crippen LogP) is 2.34. The van der Waals surface area contributed by atoms with Crippen LogP contribution in [0.1, 0.15) is 16.8 Å². The lowest BCUT2D eigenvalue weighted by molar-refractivity contribution is 0.104. The van der Waals surface area contributed by atoms with E-state index in [2.05, 4.69) is 4.98 Å². The number of pyridine rings is 1. The molecule has 2 rings (SSSR count). The van der Waals surface area contributed by atoms with E-state index in [9.17, 15) is 0 Å². The van der Waals surface area contributed by atoms with Gasteiger partial charge >= 0.3 is 0 Å². The van der Waals surface area contributed by atoms with Gasteiger partial charge in [0, 0.05) is 12.8 Å². The van der Waals surface area contributed by atoms with Gasteiger partial charge in [0.25, 0.3) is 0 Å². The Bertz CT molecular complexity index is 526. The van der Waals surface area contributed by atoms with Gasteiger partial charge in [0.05, 0.1) is 26.0 Å². The highest BCUT2D eigenvalue weighted by atomic mass is 16.5. The van der Waals surface area contributed by atoms with Gasteiger partial charge in [-0.25, -0.2) is 0 Å². The lowest BCUT2D eigenvalue weighted by atomic mass is 10.1. The molecule has 1 aromatic carbocycles. The molecule has 0 radical (unpaired) electrons. The summed E-state index contributed by atoms with van der Waals surface area (Å²) in [5, 5.41) is 9.02. The molecule has 0 unspecified atom stereocenters. The molecule has 0 amide bonds. The average Bonchev–Trinajstić information content (AvgIpc) is 2.50. The van der Waals surface area contributed by atoms with Crippen molar-refractivity contribution in [2.45, 2.75) is 19.6 Å². The van der Waals surface area contributed by atoms with Crippen molar-refractivity contribution in [2.24, 2.45) is 0 Å². The maximum Gasteiger partial charge on any atom is 0.118 e. The minimum atomic E-state index is 0.122. The topological polar surface area (TPSA) is 51.6 Å². The van der Waals surface area contributed by atoms with Crippen LogP contribution < -0.4 is 4.74 Å². The van der Waals surface area contributed by atoms with Crippen LogP contribution in [0.2, 0.25) is 0 Å². The summed E-state index contributed by atoms with van der Waals surface area (Å²) in [6, 6.07) is 11.6. The van der Waals surface area contributed by atoms with Crippen LogP contribution in [0.3, 0.4) is 0 Å². The van der Waals surface area contributed by atoms with Crippen molar-refractivity contribution < 1.29 is 14.6 Å². The third kappa shape index (κ3) is 4.05. The van der Waals surface area contributed by atoms with Crippen molar-refractivity contribution in [1.29, 1.82) is 0 Å². The van der Waals surface area contributed by atoms with Crippen LogP contribution >= 0.6 is 0 Å². The quantitative estimate of drug-likeness (QED) is 0.841. The monoisotopic (exact) mass is 273 g/mol. The fourth-order valence-electron chi connectivity index (χ4n) is 1.94. The molecule has 0 aliphatic carbocycles. The summed E-state index contributed by atoms with van der Waals surface area (Å²) in [7, 11) is 1.65. The van der Waals surface area contributed by atoms with E-state index in [0.717, 1.165) is 22.6 Å².